The molecule has 0 spiro atoms. The summed E-state index contributed by atoms with van der Waals surface area (Å²) in [7, 11) is 0. The van der Waals surface area contributed by atoms with Crippen molar-refractivity contribution < 1.29 is 0 Å². The van der Waals surface area contributed by atoms with Crippen LogP contribution in [0.25, 0.3) is 11.0 Å². The zero-order valence-electron chi connectivity index (χ0n) is 10.1. The topological polar surface area (TPSA) is 55.9 Å². The van der Waals surface area contributed by atoms with Crippen molar-refractivity contribution in [2.24, 2.45) is 5.84 Å². The minimum absolute atomic E-state index is 0.549. The highest BCUT2D eigenvalue weighted by Gasteiger charge is 2.22. The molecule has 1 heterocycles. The van der Waals surface area contributed by atoms with E-state index in [0.717, 1.165) is 11.5 Å². The van der Waals surface area contributed by atoms with E-state index in [4.69, 9.17) is 5.84 Å². The highest BCUT2D eigenvalue weighted by Crippen LogP contribution is 2.35. The Kier molecular flexibility index (Phi) is 2.52. The first-order valence-electron chi connectivity index (χ1n) is 6.25. The van der Waals surface area contributed by atoms with Gasteiger partial charge in [-0.3, -0.25) is 5.43 Å². The van der Waals surface area contributed by atoms with Crippen LogP contribution in [0.1, 0.15) is 37.3 Å². The lowest BCUT2D eigenvalue weighted by atomic mass is 10.2. The molecule has 1 aliphatic carbocycles. The molecule has 17 heavy (non-hydrogen) atoms. The molecule has 3 rings (SSSR count). The SMILES string of the molecule is Cc1ccc2nc(NN)n(C3CCCC3)c2c1. The van der Waals surface area contributed by atoms with Gasteiger partial charge >= 0.3 is 0 Å². The van der Waals surface area contributed by atoms with Crippen molar-refractivity contribution in [1.29, 1.82) is 0 Å². The number of hydrogen-bond acceptors (Lipinski definition) is 3. The van der Waals surface area contributed by atoms with Gasteiger partial charge in [-0.15, -0.1) is 0 Å². The molecule has 1 saturated carbocycles. The summed E-state index contributed by atoms with van der Waals surface area (Å²) >= 11 is 0. The molecule has 0 unspecified atom stereocenters. The van der Waals surface area contributed by atoms with E-state index in [1.807, 2.05) is 0 Å². The summed E-state index contributed by atoms with van der Waals surface area (Å²) in [5.74, 6) is 6.38. The molecule has 1 aromatic heterocycles. The van der Waals surface area contributed by atoms with Gasteiger partial charge < -0.3 is 4.57 Å². The number of aromatic nitrogens is 2. The van der Waals surface area contributed by atoms with Crippen molar-refractivity contribution in [1.82, 2.24) is 9.55 Å². The Labute approximate surface area is 101 Å². The fourth-order valence-corrected chi connectivity index (χ4v) is 2.84. The molecule has 90 valence electrons. The third kappa shape index (κ3) is 1.69. The largest absolute Gasteiger partial charge is 0.306 e. The number of nitrogen functional groups attached to an aromatic ring is 1. The van der Waals surface area contributed by atoms with Crippen LogP contribution in [0.3, 0.4) is 0 Å². The van der Waals surface area contributed by atoms with Gasteiger partial charge in [0.05, 0.1) is 11.0 Å². The summed E-state index contributed by atoms with van der Waals surface area (Å²) < 4.78 is 2.27. The van der Waals surface area contributed by atoms with Gasteiger partial charge in [-0.1, -0.05) is 18.9 Å². The molecule has 1 aromatic carbocycles. The summed E-state index contributed by atoms with van der Waals surface area (Å²) in [6.07, 6.45) is 5.07. The summed E-state index contributed by atoms with van der Waals surface area (Å²) in [4.78, 5) is 4.54. The van der Waals surface area contributed by atoms with Crippen LogP contribution >= 0.6 is 0 Å². The van der Waals surface area contributed by atoms with Gasteiger partial charge in [-0.2, -0.15) is 0 Å². The number of imidazole rings is 1. The van der Waals surface area contributed by atoms with Gasteiger partial charge in [0.2, 0.25) is 5.95 Å². The molecule has 0 aliphatic heterocycles. The van der Waals surface area contributed by atoms with Crippen molar-refractivity contribution in [2.45, 2.75) is 38.6 Å². The lowest BCUT2D eigenvalue weighted by molar-refractivity contribution is 0.537. The molecule has 3 N–H and O–H groups in total. The summed E-state index contributed by atoms with van der Waals surface area (Å²) in [5, 5.41) is 0. The smallest absolute Gasteiger partial charge is 0.218 e. The number of anilines is 1. The molecule has 0 radical (unpaired) electrons. The molecule has 2 aromatic rings. The quantitative estimate of drug-likeness (QED) is 0.616. The first kappa shape index (κ1) is 10.6. The average molecular weight is 230 g/mol. The van der Waals surface area contributed by atoms with Crippen LogP contribution in [0.4, 0.5) is 5.95 Å². The number of nitrogens with zero attached hydrogens (tertiary/aromatic N) is 2. The Morgan fingerprint density at radius 1 is 1.35 bits per heavy atom. The lowest BCUT2D eigenvalue weighted by Crippen LogP contribution is -2.15. The Bertz CT molecular complexity index is 538. The van der Waals surface area contributed by atoms with Gasteiger partial charge in [-0.05, 0) is 37.5 Å². The Hall–Kier alpha value is -1.55. The number of hydrogen-bond donors (Lipinski definition) is 2. The fourth-order valence-electron chi connectivity index (χ4n) is 2.84. The fraction of sp³-hybridized carbons (Fsp3) is 0.462. The van der Waals surface area contributed by atoms with Gasteiger partial charge in [0.25, 0.3) is 0 Å². The second-order valence-electron chi connectivity index (χ2n) is 4.88. The van der Waals surface area contributed by atoms with Crippen LogP contribution < -0.4 is 11.3 Å². The predicted octanol–water partition coefficient (Wildman–Crippen LogP) is 2.75. The second kappa shape index (κ2) is 4.04. The van der Waals surface area contributed by atoms with Crippen LogP contribution in [0.5, 0.6) is 0 Å². The van der Waals surface area contributed by atoms with Crippen molar-refractivity contribution in [2.75, 3.05) is 5.43 Å². The monoisotopic (exact) mass is 230 g/mol. The molecule has 0 bridgehead atoms. The predicted molar refractivity (Wildman–Crippen MR) is 69.8 cm³/mol. The molecule has 0 atom stereocenters. The molecule has 4 heteroatoms. The maximum atomic E-state index is 5.59. The van der Waals surface area contributed by atoms with E-state index >= 15 is 0 Å². The number of rotatable bonds is 2. The van der Waals surface area contributed by atoms with Gasteiger partial charge in [0, 0.05) is 6.04 Å². The van der Waals surface area contributed by atoms with Crippen molar-refractivity contribution in [3.05, 3.63) is 23.8 Å². The van der Waals surface area contributed by atoms with Gasteiger partial charge in [-0.25, -0.2) is 10.8 Å². The lowest BCUT2D eigenvalue weighted by Gasteiger charge is -2.15. The number of hydrazine groups is 1. The number of aryl methyl sites for hydroxylation is 1. The number of fused-ring (bicyclic) bond motifs is 1. The van der Waals surface area contributed by atoms with Crippen LogP contribution in [0.2, 0.25) is 0 Å². The zero-order chi connectivity index (χ0) is 11.8. The number of nitrogens with two attached hydrogens (primary N) is 1. The molecule has 1 aliphatic rings. The maximum absolute atomic E-state index is 5.59. The molecule has 0 saturated heterocycles. The Balaban J connectivity index is 2.20. The molecule has 1 fully saturated rings. The van der Waals surface area contributed by atoms with E-state index < -0.39 is 0 Å². The first-order chi connectivity index (χ1) is 8.29. The van der Waals surface area contributed by atoms with E-state index in [2.05, 4.69) is 40.1 Å². The highest BCUT2D eigenvalue weighted by atomic mass is 15.3. The number of benzene rings is 1. The van der Waals surface area contributed by atoms with E-state index in [1.165, 1.54) is 36.8 Å². The Morgan fingerprint density at radius 2 is 2.12 bits per heavy atom. The minimum atomic E-state index is 0.549. The van der Waals surface area contributed by atoms with Crippen LogP contribution in [0.15, 0.2) is 18.2 Å². The van der Waals surface area contributed by atoms with Crippen molar-refractivity contribution in [3.8, 4) is 0 Å². The molecule has 4 nitrogen and oxygen atoms in total. The molecule has 0 amide bonds. The summed E-state index contributed by atoms with van der Waals surface area (Å²) in [6, 6.07) is 6.90. The summed E-state index contributed by atoms with van der Waals surface area (Å²) in [5.41, 5.74) is 6.22. The molecular weight excluding hydrogens is 212 g/mol. The normalized spacial score (nSPS) is 16.8. The number of nitrogens with one attached hydrogen (secondary N) is 1. The van der Waals surface area contributed by atoms with Crippen LogP contribution in [0, 0.1) is 6.92 Å². The summed E-state index contributed by atoms with van der Waals surface area (Å²) in [6.45, 7) is 2.11. The standard InChI is InChI=1S/C13H18N4/c1-9-6-7-11-12(8-9)17(13(15-11)16-14)10-4-2-3-5-10/h6-8,10H,2-5,14H2,1H3,(H,15,16). The first-order valence-corrected chi connectivity index (χ1v) is 6.25. The van der Waals surface area contributed by atoms with Crippen molar-refractivity contribution in [3.63, 3.8) is 0 Å². The second-order valence-corrected chi connectivity index (χ2v) is 4.88. The van der Waals surface area contributed by atoms with Crippen molar-refractivity contribution >= 4 is 17.0 Å². The van der Waals surface area contributed by atoms with E-state index in [9.17, 15) is 0 Å². The molecular formula is C13H18N4. The Morgan fingerprint density at radius 3 is 2.82 bits per heavy atom. The maximum Gasteiger partial charge on any atom is 0.218 e. The van der Waals surface area contributed by atoms with E-state index in [0.29, 0.717) is 6.04 Å². The highest BCUT2D eigenvalue weighted by molar-refractivity contribution is 5.79. The third-order valence-corrected chi connectivity index (χ3v) is 3.66. The van der Waals surface area contributed by atoms with Crippen LogP contribution in [-0.4, -0.2) is 9.55 Å². The third-order valence-electron chi connectivity index (χ3n) is 3.66. The average Bonchev–Trinajstić information content (AvgIpc) is 2.93. The van der Waals surface area contributed by atoms with Gasteiger partial charge in [0.15, 0.2) is 0 Å². The zero-order valence-corrected chi connectivity index (χ0v) is 10.1. The minimum Gasteiger partial charge on any atom is -0.306 e. The van der Waals surface area contributed by atoms with Crippen LogP contribution in [-0.2, 0) is 0 Å². The van der Waals surface area contributed by atoms with E-state index in [1.54, 1.807) is 0 Å². The van der Waals surface area contributed by atoms with E-state index in [-0.39, 0.29) is 0 Å². The van der Waals surface area contributed by atoms with Gasteiger partial charge in [0.1, 0.15) is 0 Å².